The molecule has 0 radical (unpaired) electrons. The molecule has 2 nitrogen and oxygen atoms in total. The van der Waals surface area contributed by atoms with Crippen molar-refractivity contribution in [1.29, 1.82) is 0 Å². The van der Waals surface area contributed by atoms with E-state index < -0.39 is 0 Å². The standard InChI is InChI=1S/C16H12O2/c1-12(17)15-10-9-14(11-16(15)18)8-7-13-5-3-2-4-6-13/h2-6,9-11,18H,1H3. The second kappa shape index (κ2) is 5.20. The SMILES string of the molecule is CC(=O)c1ccc(C#Cc2ccccc2)cc1O. The molecule has 0 bridgehead atoms. The summed E-state index contributed by atoms with van der Waals surface area (Å²) in [5.41, 5.74) is 1.91. The zero-order chi connectivity index (χ0) is 13.0. The topological polar surface area (TPSA) is 37.3 Å². The molecule has 18 heavy (non-hydrogen) atoms. The van der Waals surface area contributed by atoms with Crippen molar-refractivity contribution in [2.24, 2.45) is 0 Å². The molecule has 2 aromatic rings. The number of hydrogen-bond acceptors (Lipinski definition) is 2. The maximum absolute atomic E-state index is 11.2. The molecule has 2 rings (SSSR count). The van der Waals surface area contributed by atoms with Crippen molar-refractivity contribution < 1.29 is 9.90 Å². The maximum Gasteiger partial charge on any atom is 0.163 e. The lowest BCUT2D eigenvalue weighted by molar-refractivity contribution is 0.101. The molecule has 2 aromatic carbocycles. The second-order valence-electron chi connectivity index (χ2n) is 3.90. The van der Waals surface area contributed by atoms with Gasteiger partial charge in [-0.15, -0.1) is 0 Å². The van der Waals surface area contributed by atoms with Crippen molar-refractivity contribution in [2.75, 3.05) is 0 Å². The van der Waals surface area contributed by atoms with E-state index in [1.54, 1.807) is 12.1 Å². The Morgan fingerprint density at radius 2 is 1.67 bits per heavy atom. The highest BCUT2D eigenvalue weighted by Crippen LogP contribution is 2.18. The van der Waals surface area contributed by atoms with Gasteiger partial charge in [0.25, 0.3) is 0 Å². The molecule has 0 heterocycles. The van der Waals surface area contributed by atoms with E-state index >= 15 is 0 Å². The van der Waals surface area contributed by atoms with Gasteiger partial charge in [0.2, 0.25) is 0 Å². The van der Waals surface area contributed by atoms with E-state index in [1.807, 2.05) is 30.3 Å². The lowest BCUT2D eigenvalue weighted by atomic mass is 10.1. The quantitative estimate of drug-likeness (QED) is 0.610. The van der Waals surface area contributed by atoms with Gasteiger partial charge in [-0.1, -0.05) is 30.0 Å². The summed E-state index contributed by atoms with van der Waals surface area (Å²) >= 11 is 0. The largest absolute Gasteiger partial charge is 0.507 e. The minimum atomic E-state index is -0.157. The summed E-state index contributed by atoms with van der Waals surface area (Å²) < 4.78 is 0. The highest BCUT2D eigenvalue weighted by Gasteiger charge is 2.05. The van der Waals surface area contributed by atoms with Crippen molar-refractivity contribution in [3.8, 4) is 17.6 Å². The van der Waals surface area contributed by atoms with Gasteiger partial charge in [-0.2, -0.15) is 0 Å². The number of phenols is 1. The lowest BCUT2D eigenvalue weighted by Gasteiger charge is -2.00. The van der Waals surface area contributed by atoms with E-state index in [-0.39, 0.29) is 11.5 Å². The monoisotopic (exact) mass is 236 g/mol. The van der Waals surface area contributed by atoms with Crippen molar-refractivity contribution in [2.45, 2.75) is 6.92 Å². The van der Waals surface area contributed by atoms with Crippen LogP contribution in [0.1, 0.15) is 28.4 Å². The number of benzene rings is 2. The van der Waals surface area contributed by atoms with Crippen molar-refractivity contribution in [3.05, 3.63) is 65.2 Å². The zero-order valence-electron chi connectivity index (χ0n) is 9.97. The number of aromatic hydroxyl groups is 1. The Balaban J connectivity index is 2.29. The van der Waals surface area contributed by atoms with E-state index in [4.69, 9.17) is 0 Å². The molecule has 0 saturated heterocycles. The Hall–Kier alpha value is -2.53. The van der Waals surface area contributed by atoms with Crippen LogP contribution in [-0.4, -0.2) is 10.9 Å². The van der Waals surface area contributed by atoms with Crippen molar-refractivity contribution in [1.82, 2.24) is 0 Å². The molecule has 0 saturated carbocycles. The molecule has 1 N–H and O–H groups in total. The first kappa shape index (κ1) is 11.9. The third kappa shape index (κ3) is 2.78. The minimum Gasteiger partial charge on any atom is -0.507 e. The molecule has 0 aliphatic carbocycles. The Morgan fingerprint density at radius 3 is 2.28 bits per heavy atom. The maximum atomic E-state index is 11.2. The van der Waals surface area contributed by atoms with Gasteiger partial charge in [0.15, 0.2) is 5.78 Å². The van der Waals surface area contributed by atoms with E-state index in [0.717, 1.165) is 5.56 Å². The Bertz CT molecular complexity index is 631. The molecule has 2 heteroatoms. The molecular formula is C16H12O2. The first-order chi connectivity index (χ1) is 8.66. The number of carbonyl (C=O) groups excluding carboxylic acids is 1. The Labute approximate surface area is 106 Å². The average Bonchev–Trinajstić information content (AvgIpc) is 2.37. The Kier molecular flexibility index (Phi) is 3.45. The van der Waals surface area contributed by atoms with Crippen molar-refractivity contribution in [3.63, 3.8) is 0 Å². The third-order valence-electron chi connectivity index (χ3n) is 2.50. The van der Waals surface area contributed by atoms with E-state index in [1.165, 1.54) is 13.0 Å². The third-order valence-corrected chi connectivity index (χ3v) is 2.50. The van der Waals surface area contributed by atoms with Gasteiger partial charge in [-0.05, 0) is 37.3 Å². The van der Waals surface area contributed by atoms with E-state index in [2.05, 4.69) is 11.8 Å². The summed E-state index contributed by atoms with van der Waals surface area (Å²) in [6.45, 7) is 1.42. The van der Waals surface area contributed by atoms with Crippen LogP contribution in [0.5, 0.6) is 5.75 Å². The number of phenolic OH excluding ortho intramolecular Hbond substituents is 1. The van der Waals surface area contributed by atoms with Gasteiger partial charge in [0, 0.05) is 11.1 Å². The van der Waals surface area contributed by atoms with Gasteiger partial charge in [0.1, 0.15) is 5.75 Å². The van der Waals surface area contributed by atoms with Crippen molar-refractivity contribution >= 4 is 5.78 Å². The summed E-state index contributed by atoms with van der Waals surface area (Å²) in [4.78, 5) is 11.2. The lowest BCUT2D eigenvalue weighted by Crippen LogP contribution is -1.92. The normalized spacial score (nSPS) is 9.39. The molecule has 0 aromatic heterocycles. The second-order valence-corrected chi connectivity index (χ2v) is 3.90. The van der Waals surface area contributed by atoms with Crippen LogP contribution in [0.4, 0.5) is 0 Å². The fourth-order valence-corrected chi connectivity index (χ4v) is 1.57. The number of Topliss-reactive ketones (excluding diaryl/α,β-unsaturated/α-hetero) is 1. The van der Waals surface area contributed by atoms with Gasteiger partial charge in [-0.3, -0.25) is 4.79 Å². The number of ketones is 1. The zero-order valence-corrected chi connectivity index (χ0v) is 9.97. The molecule has 0 amide bonds. The smallest absolute Gasteiger partial charge is 0.163 e. The predicted molar refractivity (Wildman–Crippen MR) is 70.5 cm³/mol. The molecule has 0 fully saturated rings. The van der Waals surface area contributed by atoms with Crippen LogP contribution in [0.3, 0.4) is 0 Å². The summed E-state index contributed by atoms with van der Waals surface area (Å²) in [6.07, 6.45) is 0. The van der Waals surface area contributed by atoms with Crippen LogP contribution in [0.15, 0.2) is 48.5 Å². The Morgan fingerprint density at radius 1 is 1.00 bits per heavy atom. The summed E-state index contributed by atoms with van der Waals surface area (Å²) in [6, 6.07) is 14.4. The van der Waals surface area contributed by atoms with Gasteiger partial charge in [0.05, 0.1) is 5.56 Å². The van der Waals surface area contributed by atoms with Crippen LogP contribution in [-0.2, 0) is 0 Å². The summed E-state index contributed by atoms with van der Waals surface area (Å²) in [5.74, 6) is 5.75. The van der Waals surface area contributed by atoms with Gasteiger partial charge < -0.3 is 5.11 Å². The fraction of sp³-hybridized carbons (Fsp3) is 0.0625. The predicted octanol–water partition coefficient (Wildman–Crippen LogP) is 2.99. The highest BCUT2D eigenvalue weighted by atomic mass is 16.3. The van der Waals surface area contributed by atoms with Crippen LogP contribution in [0.25, 0.3) is 0 Å². The van der Waals surface area contributed by atoms with Crippen LogP contribution >= 0.6 is 0 Å². The molecule has 0 atom stereocenters. The molecule has 0 spiro atoms. The highest BCUT2D eigenvalue weighted by molar-refractivity contribution is 5.96. The molecule has 0 aliphatic heterocycles. The fourth-order valence-electron chi connectivity index (χ4n) is 1.57. The van der Waals surface area contributed by atoms with E-state index in [9.17, 15) is 9.90 Å². The first-order valence-corrected chi connectivity index (χ1v) is 5.58. The molecule has 88 valence electrons. The summed E-state index contributed by atoms with van der Waals surface area (Å²) in [5, 5.41) is 9.67. The molecule has 0 unspecified atom stereocenters. The van der Waals surface area contributed by atoms with Crippen LogP contribution in [0.2, 0.25) is 0 Å². The average molecular weight is 236 g/mol. The van der Waals surface area contributed by atoms with Crippen LogP contribution in [0, 0.1) is 11.8 Å². The molecule has 0 aliphatic rings. The summed E-state index contributed by atoms with van der Waals surface area (Å²) in [7, 11) is 0. The van der Waals surface area contributed by atoms with Gasteiger partial charge >= 0.3 is 0 Å². The minimum absolute atomic E-state index is 0.0256. The number of hydrogen-bond donors (Lipinski definition) is 1. The molecular weight excluding hydrogens is 224 g/mol. The first-order valence-electron chi connectivity index (χ1n) is 5.58. The number of rotatable bonds is 1. The van der Waals surface area contributed by atoms with E-state index in [0.29, 0.717) is 11.1 Å². The number of carbonyl (C=O) groups is 1. The van der Waals surface area contributed by atoms with Gasteiger partial charge in [-0.25, -0.2) is 0 Å². The van der Waals surface area contributed by atoms with Crippen LogP contribution < -0.4 is 0 Å².